The molecule has 33 heavy (non-hydrogen) atoms. The van der Waals surface area contributed by atoms with Crippen molar-refractivity contribution in [3.8, 4) is 17.0 Å². The van der Waals surface area contributed by atoms with Gasteiger partial charge in [0.15, 0.2) is 0 Å². The van der Waals surface area contributed by atoms with E-state index in [2.05, 4.69) is 15.2 Å². The number of hydrogen-bond donors (Lipinski definition) is 2. The van der Waals surface area contributed by atoms with Crippen molar-refractivity contribution in [2.75, 3.05) is 5.73 Å². The summed E-state index contributed by atoms with van der Waals surface area (Å²) in [5, 5.41) is 9.02. The Morgan fingerprint density at radius 2 is 1.67 bits per heavy atom. The molecule has 0 aliphatic heterocycles. The van der Waals surface area contributed by atoms with E-state index in [0.717, 1.165) is 17.0 Å². The second-order valence-electron chi connectivity index (χ2n) is 7.62. The van der Waals surface area contributed by atoms with Crippen molar-refractivity contribution >= 4 is 38.0 Å². The molecule has 0 aliphatic rings. The van der Waals surface area contributed by atoms with Crippen molar-refractivity contribution in [2.45, 2.75) is 24.8 Å². The first-order chi connectivity index (χ1) is 15.7. The van der Waals surface area contributed by atoms with Gasteiger partial charge in [-0.05, 0) is 56.3 Å². The molecule has 0 saturated heterocycles. The summed E-state index contributed by atoms with van der Waals surface area (Å²) in [7, 11) is -4.48. The van der Waals surface area contributed by atoms with Crippen LogP contribution in [0.2, 0.25) is 0 Å². The Morgan fingerprint density at radius 1 is 0.970 bits per heavy atom. The largest absolute Gasteiger partial charge is 0.491 e. The van der Waals surface area contributed by atoms with Gasteiger partial charge in [-0.2, -0.15) is 8.42 Å². The lowest BCUT2D eigenvalue weighted by atomic mass is 10.1. The molecule has 9 heteroatoms. The molecule has 0 amide bonds. The first-order valence-corrected chi connectivity index (χ1v) is 11.6. The average molecular weight is 463 g/mol. The molecule has 0 saturated carbocycles. The number of nitrogens with two attached hydrogens (primary N) is 1. The molecule has 4 aromatic rings. The van der Waals surface area contributed by atoms with Gasteiger partial charge in [0.1, 0.15) is 22.0 Å². The predicted octanol–water partition coefficient (Wildman–Crippen LogP) is 5.93. The van der Waals surface area contributed by atoms with Gasteiger partial charge in [-0.15, -0.1) is 10.2 Å². The number of anilines is 1. The van der Waals surface area contributed by atoms with Crippen LogP contribution >= 0.6 is 0 Å². The Kier molecular flexibility index (Phi) is 6.08. The summed E-state index contributed by atoms with van der Waals surface area (Å²) in [6.07, 6.45) is 1.65. The number of nitrogen functional groups attached to an aromatic ring is 1. The first-order valence-electron chi connectivity index (χ1n) is 10.2. The summed E-state index contributed by atoms with van der Waals surface area (Å²) in [5.41, 5.74) is 8.71. The van der Waals surface area contributed by atoms with E-state index in [9.17, 15) is 13.0 Å². The van der Waals surface area contributed by atoms with Gasteiger partial charge in [0.05, 0.1) is 23.7 Å². The molecule has 0 spiro atoms. The van der Waals surface area contributed by atoms with Crippen LogP contribution in [-0.4, -0.2) is 24.1 Å². The standard InChI is InChI=1S/C24H22N4O4S/c1-15(2)32-18-10-7-16(8-11-18)21-12-9-17(14-26-21)27-28-22-13-23(33(29,30)31)19-5-3-4-6-20(19)24(22)25/h3-15H,25H2,1-2H3,(H,29,30,31)/b28-27+. The van der Waals surface area contributed by atoms with Crippen molar-refractivity contribution in [1.29, 1.82) is 0 Å². The number of ether oxygens (including phenoxy) is 1. The maximum Gasteiger partial charge on any atom is 0.295 e. The topological polar surface area (TPSA) is 127 Å². The van der Waals surface area contributed by atoms with Crippen molar-refractivity contribution in [1.82, 2.24) is 4.98 Å². The van der Waals surface area contributed by atoms with Crippen LogP contribution in [0.1, 0.15) is 13.8 Å². The van der Waals surface area contributed by atoms with Crippen molar-refractivity contribution in [3.05, 3.63) is 72.9 Å². The molecule has 1 aromatic heterocycles. The van der Waals surface area contributed by atoms with E-state index < -0.39 is 10.1 Å². The van der Waals surface area contributed by atoms with Crippen LogP contribution in [0.4, 0.5) is 17.1 Å². The van der Waals surface area contributed by atoms with Gasteiger partial charge >= 0.3 is 0 Å². The fourth-order valence-electron chi connectivity index (χ4n) is 3.35. The van der Waals surface area contributed by atoms with E-state index in [-0.39, 0.29) is 22.4 Å². The van der Waals surface area contributed by atoms with Crippen molar-refractivity contribution in [3.63, 3.8) is 0 Å². The molecule has 3 aromatic carbocycles. The number of nitrogens with zero attached hydrogens (tertiary/aromatic N) is 3. The van der Waals surface area contributed by atoms with Crippen LogP contribution in [0, 0.1) is 0 Å². The van der Waals surface area contributed by atoms with E-state index >= 15 is 0 Å². The number of aromatic nitrogens is 1. The van der Waals surface area contributed by atoms with Crippen molar-refractivity contribution in [2.24, 2.45) is 10.2 Å². The Bertz CT molecular complexity index is 1430. The molecule has 8 nitrogen and oxygen atoms in total. The third-order valence-electron chi connectivity index (χ3n) is 4.85. The highest BCUT2D eigenvalue weighted by molar-refractivity contribution is 7.86. The second-order valence-corrected chi connectivity index (χ2v) is 9.01. The Hall–Kier alpha value is -3.82. The normalized spacial score (nSPS) is 12.0. The van der Waals surface area contributed by atoms with Crippen LogP contribution in [-0.2, 0) is 10.1 Å². The fourth-order valence-corrected chi connectivity index (χ4v) is 4.07. The first kappa shape index (κ1) is 22.4. The number of hydrogen-bond acceptors (Lipinski definition) is 7. The smallest absolute Gasteiger partial charge is 0.295 e. The van der Waals surface area contributed by atoms with E-state index in [1.54, 1.807) is 42.6 Å². The molecular weight excluding hydrogens is 440 g/mol. The third-order valence-corrected chi connectivity index (χ3v) is 5.74. The monoisotopic (exact) mass is 462 g/mol. The third kappa shape index (κ3) is 5.00. The summed E-state index contributed by atoms with van der Waals surface area (Å²) in [4.78, 5) is 4.14. The summed E-state index contributed by atoms with van der Waals surface area (Å²) in [5.74, 6) is 0.788. The average Bonchev–Trinajstić information content (AvgIpc) is 2.78. The van der Waals surface area contributed by atoms with Crippen LogP contribution in [0.3, 0.4) is 0 Å². The molecule has 0 fully saturated rings. The minimum absolute atomic E-state index is 0.101. The molecule has 1 heterocycles. The number of fused-ring (bicyclic) bond motifs is 1. The van der Waals surface area contributed by atoms with Crippen LogP contribution in [0.15, 0.2) is 88.1 Å². The lowest BCUT2D eigenvalue weighted by molar-refractivity contribution is 0.242. The maximum absolute atomic E-state index is 11.9. The number of azo groups is 1. The van der Waals surface area contributed by atoms with Gasteiger partial charge in [0, 0.05) is 16.3 Å². The zero-order chi connectivity index (χ0) is 23.6. The summed E-state index contributed by atoms with van der Waals surface area (Å²) < 4.78 is 39.0. The van der Waals surface area contributed by atoms with Gasteiger partial charge < -0.3 is 10.5 Å². The molecule has 0 atom stereocenters. The minimum Gasteiger partial charge on any atom is -0.491 e. The highest BCUT2D eigenvalue weighted by Crippen LogP contribution is 2.36. The fraction of sp³-hybridized carbons (Fsp3) is 0.125. The quantitative estimate of drug-likeness (QED) is 0.208. The summed E-state index contributed by atoms with van der Waals surface area (Å²) in [6, 6.07) is 19.0. The zero-order valence-corrected chi connectivity index (χ0v) is 18.8. The predicted molar refractivity (Wildman–Crippen MR) is 128 cm³/mol. The summed E-state index contributed by atoms with van der Waals surface area (Å²) in [6.45, 7) is 3.94. The second kappa shape index (κ2) is 8.97. The Morgan fingerprint density at radius 3 is 2.27 bits per heavy atom. The lowest BCUT2D eigenvalue weighted by Crippen LogP contribution is -2.05. The highest BCUT2D eigenvalue weighted by atomic mass is 32.2. The zero-order valence-electron chi connectivity index (χ0n) is 18.0. The summed E-state index contributed by atoms with van der Waals surface area (Å²) >= 11 is 0. The lowest BCUT2D eigenvalue weighted by Gasteiger charge is -2.10. The minimum atomic E-state index is -4.48. The van der Waals surface area contributed by atoms with Crippen LogP contribution in [0.5, 0.6) is 5.75 Å². The molecular formula is C24H22N4O4S. The van der Waals surface area contributed by atoms with Gasteiger partial charge in [0.2, 0.25) is 0 Å². The Balaban J connectivity index is 1.62. The van der Waals surface area contributed by atoms with Crippen LogP contribution in [0.25, 0.3) is 22.0 Å². The molecule has 0 aliphatic carbocycles. The highest BCUT2D eigenvalue weighted by Gasteiger charge is 2.18. The van der Waals surface area contributed by atoms with E-state index in [4.69, 9.17) is 10.5 Å². The molecule has 0 radical (unpaired) electrons. The molecule has 4 rings (SSSR count). The van der Waals surface area contributed by atoms with Gasteiger partial charge in [-0.25, -0.2) is 0 Å². The van der Waals surface area contributed by atoms with Gasteiger partial charge in [-0.1, -0.05) is 24.3 Å². The van der Waals surface area contributed by atoms with Gasteiger partial charge in [-0.3, -0.25) is 9.54 Å². The molecule has 0 unspecified atom stereocenters. The van der Waals surface area contributed by atoms with Gasteiger partial charge in [0.25, 0.3) is 10.1 Å². The number of rotatable bonds is 6. The maximum atomic E-state index is 11.9. The van der Waals surface area contributed by atoms with E-state index in [1.807, 2.05) is 38.1 Å². The number of pyridine rings is 1. The molecule has 168 valence electrons. The number of benzene rings is 3. The SMILES string of the molecule is CC(C)Oc1ccc(-c2ccc(/N=N/c3cc(S(=O)(=O)O)c4ccccc4c3N)cn2)cc1. The molecule has 3 N–H and O–H groups in total. The molecule has 0 bridgehead atoms. The van der Waals surface area contributed by atoms with E-state index in [0.29, 0.717) is 16.5 Å². The Labute approximate surface area is 191 Å². The van der Waals surface area contributed by atoms with E-state index in [1.165, 1.54) is 6.07 Å². The van der Waals surface area contributed by atoms with Crippen molar-refractivity contribution < 1.29 is 17.7 Å². The van der Waals surface area contributed by atoms with Crippen LogP contribution < -0.4 is 10.5 Å².